The predicted octanol–water partition coefficient (Wildman–Crippen LogP) is 2.28. The van der Waals surface area contributed by atoms with Crippen LogP contribution in [0, 0.1) is 0 Å². The third kappa shape index (κ3) is 4.79. The lowest BCUT2D eigenvalue weighted by Gasteiger charge is -2.17. The first kappa shape index (κ1) is 15.3. The molecule has 106 valence electrons. The number of esters is 1. The van der Waals surface area contributed by atoms with Crippen molar-refractivity contribution < 1.29 is 14.3 Å². The molecular weight excluding hydrogens is 244 g/mol. The minimum absolute atomic E-state index is 0.191. The second-order valence-corrected chi connectivity index (χ2v) is 4.35. The number of ether oxygens (including phenoxy) is 2. The first-order valence-corrected chi connectivity index (χ1v) is 6.40. The van der Waals surface area contributed by atoms with Crippen LogP contribution in [0.1, 0.15) is 30.6 Å². The third-order valence-corrected chi connectivity index (χ3v) is 2.70. The van der Waals surface area contributed by atoms with Crippen LogP contribution in [0.25, 0.3) is 0 Å². The van der Waals surface area contributed by atoms with Crippen molar-refractivity contribution >= 4 is 17.3 Å². The fourth-order valence-corrected chi connectivity index (χ4v) is 1.70. The molecule has 1 aromatic rings. The van der Waals surface area contributed by atoms with Crippen molar-refractivity contribution in [3.8, 4) is 0 Å². The van der Waals surface area contributed by atoms with Crippen LogP contribution >= 0.6 is 0 Å². The smallest absolute Gasteiger partial charge is 0.340 e. The third-order valence-electron chi connectivity index (χ3n) is 2.70. The van der Waals surface area contributed by atoms with E-state index < -0.39 is 0 Å². The zero-order valence-electron chi connectivity index (χ0n) is 11.7. The summed E-state index contributed by atoms with van der Waals surface area (Å²) >= 11 is 0. The molecule has 0 aliphatic carbocycles. The van der Waals surface area contributed by atoms with Gasteiger partial charge in [-0.2, -0.15) is 0 Å². The van der Waals surface area contributed by atoms with E-state index >= 15 is 0 Å². The average Bonchev–Trinajstić information content (AvgIpc) is 2.38. The fraction of sp³-hybridized carbons (Fsp3) is 0.500. The van der Waals surface area contributed by atoms with E-state index in [1.54, 1.807) is 32.2 Å². The van der Waals surface area contributed by atoms with Crippen LogP contribution in [0.2, 0.25) is 0 Å². The molecular formula is C14H22N2O3. The van der Waals surface area contributed by atoms with Crippen molar-refractivity contribution in [1.82, 2.24) is 0 Å². The van der Waals surface area contributed by atoms with Crippen molar-refractivity contribution in [2.24, 2.45) is 0 Å². The number of carbonyl (C=O) groups excluding carboxylic acids is 1. The minimum atomic E-state index is -0.365. The molecule has 1 unspecified atom stereocenters. The van der Waals surface area contributed by atoms with Crippen LogP contribution in [0.15, 0.2) is 18.2 Å². The summed E-state index contributed by atoms with van der Waals surface area (Å²) in [4.78, 5) is 11.9. The topological polar surface area (TPSA) is 73.6 Å². The number of rotatable bonds is 7. The van der Waals surface area contributed by atoms with E-state index in [-0.39, 0.29) is 12.0 Å². The van der Waals surface area contributed by atoms with E-state index in [0.29, 0.717) is 24.5 Å². The Labute approximate surface area is 114 Å². The van der Waals surface area contributed by atoms with Gasteiger partial charge in [0.05, 0.1) is 12.2 Å². The molecule has 0 amide bonds. The quantitative estimate of drug-likeness (QED) is 0.585. The second-order valence-electron chi connectivity index (χ2n) is 4.35. The van der Waals surface area contributed by atoms with Crippen LogP contribution in [0.5, 0.6) is 0 Å². The van der Waals surface area contributed by atoms with Gasteiger partial charge in [0.25, 0.3) is 0 Å². The molecule has 0 saturated carbocycles. The highest BCUT2D eigenvalue weighted by molar-refractivity contribution is 5.96. The van der Waals surface area contributed by atoms with Crippen molar-refractivity contribution in [2.45, 2.75) is 26.3 Å². The zero-order valence-corrected chi connectivity index (χ0v) is 11.7. The average molecular weight is 266 g/mol. The summed E-state index contributed by atoms with van der Waals surface area (Å²) in [6.07, 6.45) is 0.850. The van der Waals surface area contributed by atoms with Crippen LogP contribution in [-0.2, 0) is 9.47 Å². The molecule has 0 radical (unpaired) electrons. The zero-order chi connectivity index (χ0) is 14.3. The Morgan fingerprint density at radius 3 is 2.84 bits per heavy atom. The lowest BCUT2D eigenvalue weighted by Crippen LogP contribution is -2.19. The molecule has 0 fully saturated rings. The number of carbonyl (C=O) groups is 1. The highest BCUT2D eigenvalue weighted by Crippen LogP contribution is 2.21. The Morgan fingerprint density at radius 2 is 2.21 bits per heavy atom. The Bertz CT molecular complexity index is 421. The minimum Gasteiger partial charge on any atom is -0.462 e. The van der Waals surface area contributed by atoms with Gasteiger partial charge in [-0.1, -0.05) is 0 Å². The van der Waals surface area contributed by atoms with Gasteiger partial charge in [-0.3, -0.25) is 0 Å². The highest BCUT2D eigenvalue weighted by Gasteiger charge is 2.14. The maximum Gasteiger partial charge on any atom is 0.340 e. The fourth-order valence-electron chi connectivity index (χ4n) is 1.70. The molecule has 0 aromatic heterocycles. The highest BCUT2D eigenvalue weighted by atomic mass is 16.5. The van der Waals surface area contributed by atoms with E-state index in [1.807, 2.05) is 6.92 Å². The standard InChI is InChI=1S/C14H22N2O3/c1-4-19-14(17)12-9-11(15)5-6-13(12)16-10(2)7-8-18-3/h5-6,9-10,16H,4,7-8,15H2,1-3H3. The Hall–Kier alpha value is -1.75. The SMILES string of the molecule is CCOC(=O)c1cc(N)ccc1NC(C)CCOC. The normalized spacial score (nSPS) is 11.9. The molecule has 0 aliphatic heterocycles. The van der Waals surface area contributed by atoms with Crippen molar-refractivity contribution in [3.05, 3.63) is 23.8 Å². The molecule has 19 heavy (non-hydrogen) atoms. The van der Waals surface area contributed by atoms with Gasteiger partial charge in [0.1, 0.15) is 0 Å². The number of hydrogen-bond acceptors (Lipinski definition) is 5. The molecule has 1 rings (SSSR count). The van der Waals surface area contributed by atoms with E-state index in [9.17, 15) is 4.79 Å². The van der Waals surface area contributed by atoms with E-state index in [2.05, 4.69) is 5.32 Å². The summed E-state index contributed by atoms with van der Waals surface area (Å²) in [5.74, 6) is -0.365. The maximum atomic E-state index is 11.9. The largest absolute Gasteiger partial charge is 0.462 e. The monoisotopic (exact) mass is 266 g/mol. The van der Waals surface area contributed by atoms with Crippen LogP contribution in [0.4, 0.5) is 11.4 Å². The first-order chi connectivity index (χ1) is 9.08. The number of anilines is 2. The summed E-state index contributed by atoms with van der Waals surface area (Å²) in [6, 6.07) is 5.37. The molecule has 0 bridgehead atoms. The lowest BCUT2D eigenvalue weighted by molar-refractivity contribution is 0.0527. The summed E-state index contributed by atoms with van der Waals surface area (Å²) < 4.78 is 10.1. The Kier molecular flexibility index (Phi) is 6.15. The summed E-state index contributed by atoms with van der Waals surface area (Å²) in [5, 5.41) is 3.28. The van der Waals surface area contributed by atoms with Crippen LogP contribution in [-0.4, -0.2) is 32.3 Å². The van der Waals surface area contributed by atoms with Gasteiger partial charge in [-0.15, -0.1) is 0 Å². The van der Waals surface area contributed by atoms with Gasteiger partial charge in [0, 0.05) is 31.1 Å². The molecule has 1 aromatic carbocycles. The lowest BCUT2D eigenvalue weighted by atomic mass is 10.1. The molecule has 0 heterocycles. The first-order valence-electron chi connectivity index (χ1n) is 6.40. The number of methoxy groups -OCH3 is 1. The molecule has 5 nitrogen and oxygen atoms in total. The van der Waals surface area contributed by atoms with Gasteiger partial charge in [0.15, 0.2) is 0 Å². The van der Waals surface area contributed by atoms with Crippen molar-refractivity contribution in [3.63, 3.8) is 0 Å². The maximum absolute atomic E-state index is 11.9. The predicted molar refractivity (Wildman–Crippen MR) is 76.4 cm³/mol. The summed E-state index contributed by atoms with van der Waals surface area (Å²) in [6.45, 7) is 4.81. The molecule has 0 spiro atoms. The molecule has 1 atom stereocenters. The van der Waals surface area contributed by atoms with Crippen molar-refractivity contribution in [2.75, 3.05) is 31.4 Å². The van der Waals surface area contributed by atoms with E-state index in [4.69, 9.17) is 15.2 Å². The summed E-state index contributed by atoms with van der Waals surface area (Å²) in [7, 11) is 1.67. The van der Waals surface area contributed by atoms with E-state index in [0.717, 1.165) is 12.1 Å². The second kappa shape index (κ2) is 7.63. The molecule has 5 heteroatoms. The number of nitrogen functional groups attached to an aromatic ring is 1. The van der Waals surface area contributed by atoms with Crippen molar-refractivity contribution in [1.29, 1.82) is 0 Å². The van der Waals surface area contributed by atoms with Crippen LogP contribution < -0.4 is 11.1 Å². The molecule has 3 N–H and O–H groups in total. The molecule has 0 aliphatic rings. The summed E-state index contributed by atoms with van der Waals surface area (Å²) in [5.41, 5.74) is 7.45. The number of benzene rings is 1. The van der Waals surface area contributed by atoms with Gasteiger partial charge in [-0.05, 0) is 38.5 Å². The van der Waals surface area contributed by atoms with Gasteiger partial charge >= 0.3 is 5.97 Å². The number of nitrogens with one attached hydrogen (secondary N) is 1. The van der Waals surface area contributed by atoms with Gasteiger partial charge < -0.3 is 20.5 Å². The van der Waals surface area contributed by atoms with Gasteiger partial charge in [0.2, 0.25) is 0 Å². The Morgan fingerprint density at radius 1 is 1.47 bits per heavy atom. The molecule has 0 saturated heterocycles. The van der Waals surface area contributed by atoms with E-state index in [1.165, 1.54) is 0 Å². The van der Waals surface area contributed by atoms with Gasteiger partial charge in [-0.25, -0.2) is 4.79 Å². The Balaban J connectivity index is 2.84. The number of nitrogens with two attached hydrogens (primary N) is 1. The van der Waals surface area contributed by atoms with Crippen LogP contribution in [0.3, 0.4) is 0 Å². The number of hydrogen-bond donors (Lipinski definition) is 2.